The predicted octanol–water partition coefficient (Wildman–Crippen LogP) is 5.35. The Balaban J connectivity index is 1.37. The van der Waals surface area contributed by atoms with Gasteiger partial charge in [0.2, 0.25) is 0 Å². The van der Waals surface area contributed by atoms with E-state index in [2.05, 4.69) is 15.3 Å². The van der Waals surface area contributed by atoms with Gasteiger partial charge in [-0.25, -0.2) is 18.7 Å². The maximum Gasteiger partial charge on any atom is 0.168 e. The molecule has 0 aliphatic carbocycles. The Bertz CT molecular complexity index is 1100. The monoisotopic (exact) mass is 377 g/mol. The van der Waals surface area contributed by atoms with Crippen molar-refractivity contribution in [2.75, 3.05) is 11.9 Å². The van der Waals surface area contributed by atoms with Crippen molar-refractivity contribution in [1.82, 2.24) is 9.97 Å². The molecule has 3 aromatic carbocycles. The molecule has 0 bridgehead atoms. The summed E-state index contributed by atoms with van der Waals surface area (Å²) in [6, 6.07) is 18.4. The first-order valence-electron chi connectivity index (χ1n) is 8.84. The minimum Gasteiger partial charge on any atom is -0.454 e. The van der Waals surface area contributed by atoms with E-state index in [0.29, 0.717) is 12.3 Å². The van der Waals surface area contributed by atoms with Gasteiger partial charge in [-0.15, -0.1) is 0 Å². The van der Waals surface area contributed by atoms with Gasteiger partial charge >= 0.3 is 0 Å². The summed E-state index contributed by atoms with van der Waals surface area (Å²) >= 11 is 0. The molecule has 28 heavy (non-hydrogen) atoms. The second-order valence-corrected chi connectivity index (χ2v) is 6.24. The van der Waals surface area contributed by atoms with Crippen LogP contribution in [0.15, 0.2) is 73.1 Å². The fraction of sp³-hybridized carbons (Fsp3) is 0.0909. The number of nitrogens with zero attached hydrogens (tertiary/aromatic N) is 2. The van der Waals surface area contributed by atoms with Crippen LogP contribution >= 0.6 is 0 Å². The molecule has 4 rings (SSSR count). The Morgan fingerprint density at radius 2 is 1.71 bits per heavy atom. The number of nitrogens with one attached hydrogen (secondary N) is 1. The number of aromatic nitrogens is 2. The van der Waals surface area contributed by atoms with Crippen LogP contribution in [0.2, 0.25) is 0 Å². The van der Waals surface area contributed by atoms with Gasteiger partial charge in [0, 0.05) is 18.0 Å². The Morgan fingerprint density at radius 1 is 0.893 bits per heavy atom. The molecule has 0 fully saturated rings. The first-order valence-corrected chi connectivity index (χ1v) is 8.84. The second kappa shape index (κ2) is 8.00. The third kappa shape index (κ3) is 4.06. The summed E-state index contributed by atoms with van der Waals surface area (Å²) in [4.78, 5) is 8.56. The van der Waals surface area contributed by atoms with Crippen molar-refractivity contribution < 1.29 is 13.5 Å². The summed E-state index contributed by atoms with van der Waals surface area (Å²) in [5, 5.41) is 4.32. The molecule has 0 unspecified atom stereocenters. The van der Waals surface area contributed by atoms with Gasteiger partial charge in [-0.3, -0.25) is 0 Å². The number of ether oxygens (including phenoxy) is 1. The van der Waals surface area contributed by atoms with Crippen molar-refractivity contribution >= 4 is 16.7 Å². The summed E-state index contributed by atoms with van der Waals surface area (Å²) in [7, 11) is 0. The molecule has 1 aromatic heterocycles. The van der Waals surface area contributed by atoms with Crippen LogP contribution in [-0.2, 0) is 6.42 Å². The van der Waals surface area contributed by atoms with Crippen molar-refractivity contribution in [2.24, 2.45) is 0 Å². The molecule has 140 valence electrons. The normalized spacial score (nSPS) is 10.8. The number of hydrogen-bond donors (Lipinski definition) is 1. The van der Waals surface area contributed by atoms with Gasteiger partial charge in [0.1, 0.15) is 23.7 Å². The average Bonchev–Trinajstić information content (AvgIpc) is 2.71. The highest BCUT2D eigenvalue weighted by atomic mass is 19.1. The minimum absolute atomic E-state index is 0.00791. The van der Waals surface area contributed by atoms with Gasteiger partial charge in [-0.1, -0.05) is 24.3 Å². The maximum atomic E-state index is 13.7. The number of para-hydroxylation sites is 1. The van der Waals surface area contributed by atoms with Crippen LogP contribution in [0.4, 0.5) is 14.6 Å². The first kappa shape index (κ1) is 17.9. The fourth-order valence-corrected chi connectivity index (χ4v) is 2.88. The van der Waals surface area contributed by atoms with Gasteiger partial charge in [0.05, 0.1) is 5.52 Å². The summed E-state index contributed by atoms with van der Waals surface area (Å²) in [6.07, 6.45) is 2.33. The van der Waals surface area contributed by atoms with Crippen LogP contribution < -0.4 is 10.1 Å². The molecule has 0 aliphatic rings. The maximum absolute atomic E-state index is 13.7. The van der Waals surface area contributed by atoms with E-state index in [4.69, 9.17) is 4.74 Å². The van der Waals surface area contributed by atoms with E-state index < -0.39 is 11.6 Å². The van der Waals surface area contributed by atoms with Gasteiger partial charge < -0.3 is 10.1 Å². The zero-order valence-corrected chi connectivity index (χ0v) is 14.9. The molecule has 0 saturated heterocycles. The highest BCUT2D eigenvalue weighted by molar-refractivity contribution is 5.88. The molecule has 0 radical (unpaired) electrons. The molecule has 1 heterocycles. The lowest BCUT2D eigenvalue weighted by Gasteiger charge is -2.09. The van der Waals surface area contributed by atoms with Gasteiger partial charge in [-0.2, -0.15) is 0 Å². The predicted molar refractivity (Wildman–Crippen MR) is 105 cm³/mol. The van der Waals surface area contributed by atoms with E-state index in [1.807, 2.05) is 36.4 Å². The number of halogens is 2. The largest absolute Gasteiger partial charge is 0.454 e. The van der Waals surface area contributed by atoms with Crippen LogP contribution in [0.1, 0.15) is 5.56 Å². The zero-order valence-electron chi connectivity index (χ0n) is 14.9. The van der Waals surface area contributed by atoms with Crippen molar-refractivity contribution in [3.8, 4) is 11.5 Å². The first-order chi connectivity index (χ1) is 13.7. The molecular formula is C22H17F2N3O. The molecule has 0 aliphatic heterocycles. The van der Waals surface area contributed by atoms with E-state index in [-0.39, 0.29) is 5.75 Å². The molecule has 1 N–H and O–H groups in total. The van der Waals surface area contributed by atoms with Crippen LogP contribution in [0.3, 0.4) is 0 Å². The Kier molecular flexibility index (Phi) is 5.10. The van der Waals surface area contributed by atoms with E-state index in [1.54, 1.807) is 18.5 Å². The molecule has 0 saturated carbocycles. The number of benzene rings is 3. The molecular weight excluding hydrogens is 360 g/mol. The quantitative estimate of drug-likeness (QED) is 0.492. The number of anilines is 1. The molecule has 0 atom stereocenters. The average molecular weight is 377 g/mol. The van der Waals surface area contributed by atoms with Gasteiger partial charge in [0.15, 0.2) is 11.6 Å². The summed E-state index contributed by atoms with van der Waals surface area (Å²) < 4.78 is 32.1. The standard InChI is InChI=1S/C22H17F2N3O/c23-16-7-10-21(19(24)13-16)28-17-8-5-15(6-9-17)11-12-25-22-18-3-1-2-4-20(18)26-14-27-22/h1-10,13-14H,11-12H2,(H,25,26,27). The fourth-order valence-electron chi connectivity index (χ4n) is 2.88. The van der Waals surface area contributed by atoms with E-state index in [9.17, 15) is 8.78 Å². The highest BCUT2D eigenvalue weighted by Gasteiger charge is 2.06. The topological polar surface area (TPSA) is 47.0 Å². The number of hydrogen-bond acceptors (Lipinski definition) is 4. The lowest BCUT2D eigenvalue weighted by molar-refractivity contribution is 0.437. The lowest BCUT2D eigenvalue weighted by atomic mass is 10.1. The smallest absolute Gasteiger partial charge is 0.168 e. The SMILES string of the molecule is Fc1ccc(Oc2ccc(CCNc3ncnc4ccccc34)cc2)c(F)c1. The lowest BCUT2D eigenvalue weighted by Crippen LogP contribution is -2.07. The molecule has 0 amide bonds. The van der Waals surface area contributed by atoms with E-state index >= 15 is 0 Å². The van der Waals surface area contributed by atoms with Gasteiger partial charge in [0.25, 0.3) is 0 Å². The Hall–Kier alpha value is -3.54. The van der Waals surface area contributed by atoms with Crippen LogP contribution in [0.25, 0.3) is 10.9 Å². The van der Waals surface area contributed by atoms with Crippen molar-refractivity contribution in [3.63, 3.8) is 0 Å². The second-order valence-electron chi connectivity index (χ2n) is 6.24. The number of fused-ring (bicyclic) bond motifs is 1. The Labute approximate surface area is 160 Å². The molecule has 4 nitrogen and oxygen atoms in total. The minimum atomic E-state index is -0.731. The van der Waals surface area contributed by atoms with E-state index in [0.717, 1.165) is 40.8 Å². The third-order valence-electron chi connectivity index (χ3n) is 4.29. The number of rotatable bonds is 6. The Morgan fingerprint density at radius 3 is 2.54 bits per heavy atom. The zero-order chi connectivity index (χ0) is 19.3. The summed E-state index contributed by atoms with van der Waals surface area (Å²) in [5.41, 5.74) is 1.99. The van der Waals surface area contributed by atoms with Crippen LogP contribution in [-0.4, -0.2) is 16.5 Å². The molecule has 0 spiro atoms. The van der Waals surface area contributed by atoms with Crippen molar-refractivity contribution in [3.05, 3.63) is 90.3 Å². The van der Waals surface area contributed by atoms with Crippen molar-refractivity contribution in [1.29, 1.82) is 0 Å². The molecule has 6 heteroatoms. The van der Waals surface area contributed by atoms with E-state index in [1.165, 1.54) is 6.07 Å². The highest BCUT2D eigenvalue weighted by Crippen LogP contribution is 2.25. The summed E-state index contributed by atoms with van der Waals surface area (Å²) in [6.45, 7) is 0.702. The van der Waals surface area contributed by atoms with Crippen LogP contribution in [0, 0.1) is 11.6 Å². The summed E-state index contributed by atoms with van der Waals surface area (Å²) in [5.74, 6) is -0.0812. The van der Waals surface area contributed by atoms with Gasteiger partial charge in [-0.05, 0) is 48.4 Å². The molecule has 4 aromatic rings. The van der Waals surface area contributed by atoms with Crippen molar-refractivity contribution in [2.45, 2.75) is 6.42 Å². The van der Waals surface area contributed by atoms with Crippen LogP contribution in [0.5, 0.6) is 11.5 Å². The third-order valence-corrected chi connectivity index (χ3v) is 4.29.